The molecule has 5 nitrogen and oxygen atoms in total. The van der Waals surface area contributed by atoms with Crippen molar-refractivity contribution in [2.75, 3.05) is 19.8 Å². The number of nitrogens with one attached hydrogen (secondary N) is 1. The Morgan fingerprint density at radius 2 is 2.19 bits per heavy atom. The topological polar surface area (TPSA) is 56.1 Å². The Balaban J connectivity index is 1.63. The smallest absolute Gasteiger partial charge is 0.271 e. The molecule has 0 saturated carbocycles. The van der Waals surface area contributed by atoms with Crippen molar-refractivity contribution in [2.24, 2.45) is 5.92 Å². The summed E-state index contributed by atoms with van der Waals surface area (Å²) in [6, 6.07) is 7.58. The summed E-state index contributed by atoms with van der Waals surface area (Å²) in [5.41, 5.74) is 1.05. The zero-order valence-electron chi connectivity index (χ0n) is 11.5. The van der Waals surface area contributed by atoms with E-state index in [1.165, 1.54) is 12.1 Å². The number of amides is 1. The number of carbonyl (C=O) groups is 1. The molecule has 1 N–H and O–H groups in total. The van der Waals surface area contributed by atoms with Gasteiger partial charge in [0, 0.05) is 25.3 Å². The Morgan fingerprint density at radius 3 is 2.90 bits per heavy atom. The lowest BCUT2D eigenvalue weighted by atomic mass is 10.1. The van der Waals surface area contributed by atoms with Gasteiger partial charge in [-0.3, -0.25) is 4.79 Å². The largest absolute Gasteiger partial charge is 0.381 e. The molecular weight excluding hydrogens is 273 g/mol. The second-order valence-electron chi connectivity index (χ2n) is 5.06. The zero-order valence-corrected chi connectivity index (χ0v) is 11.5. The van der Waals surface area contributed by atoms with Crippen LogP contribution in [0.25, 0.3) is 5.69 Å². The van der Waals surface area contributed by atoms with Gasteiger partial charge in [-0.05, 0) is 36.8 Å². The number of rotatable bonds is 4. The van der Waals surface area contributed by atoms with Crippen molar-refractivity contribution < 1.29 is 13.9 Å². The van der Waals surface area contributed by atoms with Crippen LogP contribution in [-0.2, 0) is 4.74 Å². The van der Waals surface area contributed by atoms with Crippen molar-refractivity contribution in [3.05, 3.63) is 48.0 Å². The maximum absolute atomic E-state index is 12.9. The van der Waals surface area contributed by atoms with E-state index in [9.17, 15) is 9.18 Å². The van der Waals surface area contributed by atoms with E-state index >= 15 is 0 Å². The first kappa shape index (κ1) is 13.8. The molecule has 0 bridgehead atoms. The first-order chi connectivity index (χ1) is 10.2. The van der Waals surface area contributed by atoms with Crippen LogP contribution < -0.4 is 5.32 Å². The van der Waals surface area contributed by atoms with Crippen molar-refractivity contribution in [2.45, 2.75) is 6.42 Å². The van der Waals surface area contributed by atoms with Crippen LogP contribution in [0.2, 0.25) is 0 Å². The van der Waals surface area contributed by atoms with E-state index in [0.717, 1.165) is 13.0 Å². The Labute approximate surface area is 121 Å². The highest BCUT2D eigenvalue weighted by Gasteiger charge is 2.17. The molecule has 1 aromatic heterocycles. The van der Waals surface area contributed by atoms with Gasteiger partial charge in [-0.1, -0.05) is 0 Å². The molecule has 1 aromatic carbocycles. The first-order valence-corrected chi connectivity index (χ1v) is 6.90. The predicted molar refractivity (Wildman–Crippen MR) is 74.8 cm³/mol. The molecule has 0 radical (unpaired) electrons. The van der Waals surface area contributed by atoms with E-state index in [1.54, 1.807) is 29.1 Å². The summed E-state index contributed by atoms with van der Waals surface area (Å²) in [6.07, 6.45) is 2.66. The predicted octanol–water partition coefficient (Wildman–Crippen LogP) is 1.78. The summed E-state index contributed by atoms with van der Waals surface area (Å²) in [5.74, 6) is -0.126. The molecule has 21 heavy (non-hydrogen) atoms. The molecule has 0 aliphatic carbocycles. The Morgan fingerprint density at radius 1 is 1.38 bits per heavy atom. The third kappa shape index (κ3) is 3.28. The van der Waals surface area contributed by atoms with Crippen molar-refractivity contribution in [3.8, 4) is 5.69 Å². The molecule has 1 amide bonds. The van der Waals surface area contributed by atoms with Crippen LogP contribution >= 0.6 is 0 Å². The maximum Gasteiger partial charge on any atom is 0.271 e. The Kier molecular flexibility index (Phi) is 3.96. The minimum Gasteiger partial charge on any atom is -0.381 e. The Hall–Kier alpha value is -2.21. The van der Waals surface area contributed by atoms with Crippen LogP contribution in [0.5, 0.6) is 0 Å². The summed E-state index contributed by atoms with van der Waals surface area (Å²) >= 11 is 0. The third-order valence-electron chi connectivity index (χ3n) is 3.49. The Bertz CT molecular complexity index is 618. The van der Waals surface area contributed by atoms with Gasteiger partial charge in [0.2, 0.25) is 0 Å². The van der Waals surface area contributed by atoms with Crippen LogP contribution in [0.4, 0.5) is 4.39 Å². The van der Waals surface area contributed by atoms with E-state index in [-0.39, 0.29) is 11.7 Å². The van der Waals surface area contributed by atoms with E-state index in [0.29, 0.717) is 30.5 Å². The monoisotopic (exact) mass is 289 g/mol. The molecule has 1 saturated heterocycles. The standard InChI is InChI=1S/C15H16FN3O2/c16-12-1-3-13(4-2-12)19-7-5-14(18-19)15(20)17-9-11-6-8-21-10-11/h1-5,7,11H,6,8-10H2,(H,17,20)/t11-/m1/s1. The molecule has 3 rings (SSSR count). The van der Waals surface area contributed by atoms with Gasteiger partial charge in [-0.15, -0.1) is 0 Å². The van der Waals surface area contributed by atoms with Crippen molar-refractivity contribution in [3.63, 3.8) is 0 Å². The van der Waals surface area contributed by atoms with Crippen molar-refractivity contribution in [1.29, 1.82) is 0 Å². The molecule has 1 fully saturated rings. The van der Waals surface area contributed by atoms with Crippen LogP contribution in [0.1, 0.15) is 16.9 Å². The second kappa shape index (κ2) is 6.05. The summed E-state index contributed by atoms with van der Waals surface area (Å²) in [6.45, 7) is 2.06. The van der Waals surface area contributed by atoms with E-state index < -0.39 is 0 Å². The van der Waals surface area contributed by atoms with Crippen LogP contribution in [-0.4, -0.2) is 35.4 Å². The number of nitrogens with zero attached hydrogens (tertiary/aromatic N) is 2. The molecule has 1 aliphatic heterocycles. The molecule has 1 aliphatic rings. The third-order valence-corrected chi connectivity index (χ3v) is 3.49. The van der Waals surface area contributed by atoms with Crippen LogP contribution in [0.3, 0.4) is 0 Å². The zero-order chi connectivity index (χ0) is 14.7. The molecule has 0 spiro atoms. The van der Waals surface area contributed by atoms with Gasteiger partial charge in [-0.2, -0.15) is 5.10 Å². The SMILES string of the molecule is O=C(NC[C@H]1CCOC1)c1ccn(-c2ccc(F)cc2)n1. The normalized spacial score (nSPS) is 17.9. The number of hydrogen-bond donors (Lipinski definition) is 1. The van der Waals surface area contributed by atoms with Gasteiger partial charge < -0.3 is 10.1 Å². The maximum atomic E-state index is 12.9. The van der Waals surface area contributed by atoms with Gasteiger partial charge >= 0.3 is 0 Å². The fraction of sp³-hybridized carbons (Fsp3) is 0.333. The molecular formula is C15H16FN3O2. The minimum absolute atomic E-state index is 0.206. The van der Waals surface area contributed by atoms with Crippen molar-refractivity contribution in [1.82, 2.24) is 15.1 Å². The summed E-state index contributed by atoms with van der Waals surface area (Å²) in [7, 11) is 0. The lowest BCUT2D eigenvalue weighted by Gasteiger charge is -2.07. The molecule has 1 atom stereocenters. The van der Waals surface area contributed by atoms with E-state index in [2.05, 4.69) is 10.4 Å². The lowest BCUT2D eigenvalue weighted by Crippen LogP contribution is -2.29. The fourth-order valence-corrected chi connectivity index (χ4v) is 2.25. The lowest BCUT2D eigenvalue weighted by molar-refractivity contribution is 0.0939. The number of aromatic nitrogens is 2. The highest BCUT2D eigenvalue weighted by atomic mass is 19.1. The van der Waals surface area contributed by atoms with E-state index in [1.807, 2.05) is 0 Å². The van der Waals surface area contributed by atoms with Gasteiger partial charge in [0.25, 0.3) is 5.91 Å². The average molecular weight is 289 g/mol. The molecule has 6 heteroatoms. The second-order valence-corrected chi connectivity index (χ2v) is 5.06. The van der Waals surface area contributed by atoms with Gasteiger partial charge in [0.05, 0.1) is 12.3 Å². The number of ether oxygens (including phenoxy) is 1. The van der Waals surface area contributed by atoms with E-state index in [4.69, 9.17) is 4.74 Å². The number of halogens is 1. The first-order valence-electron chi connectivity index (χ1n) is 6.90. The van der Waals surface area contributed by atoms with Gasteiger partial charge in [0.1, 0.15) is 5.82 Å². The van der Waals surface area contributed by atoms with Gasteiger partial charge in [0.15, 0.2) is 5.69 Å². The average Bonchev–Trinajstić information content (AvgIpc) is 3.17. The summed E-state index contributed by atoms with van der Waals surface area (Å²) < 4.78 is 19.7. The summed E-state index contributed by atoms with van der Waals surface area (Å²) in [5, 5.41) is 7.07. The molecule has 2 aromatic rings. The van der Waals surface area contributed by atoms with Gasteiger partial charge in [-0.25, -0.2) is 9.07 Å². The van der Waals surface area contributed by atoms with Crippen molar-refractivity contribution >= 4 is 5.91 Å². The highest BCUT2D eigenvalue weighted by Crippen LogP contribution is 2.11. The molecule has 110 valence electrons. The molecule has 0 unspecified atom stereocenters. The quantitative estimate of drug-likeness (QED) is 0.933. The highest BCUT2D eigenvalue weighted by molar-refractivity contribution is 5.92. The number of carbonyl (C=O) groups excluding carboxylic acids is 1. The number of hydrogen-bond acceptors (Lipinski definition) is 3. The van der Waals surface area contributed by atoms with Crippen LogP contribution in [0.15, 0.2) is 36.5 Å². The fourth-order valence-electron chi connectivity index (χ4n) is 2.25. The minimum atomic E-state index is -0.303. The number of benzene rings is 1. The molecule has 2 heterocycles. The summed E-state index contributed by atoms with van der Waals surface area (Å²) in [4.78, 5) is 12.0. The van der Waals surface area contributed by atoms with Crippen LogP contribution in [0, 0.1) is 11.7 Å².